The van der Waals surface area contributed by atoms with Crippen LogP contribution in [0.15, 0.2) is 60.3 Å². The lowest BCUT2D eigenvalue weighted by atomic mass is 10.2. The Balaban J connectivity index is 1.43. The number of methoxy groups -OCH3 is 1. The van der Waals surface area contributed by atoms with E-state index >= 15 is 0 Å². The van der Waals surface area contributed by atoms with Crippen LogP contribution in [0.2, 0.25) is 5.02 Å². The third kappa shape index (κ3) is 4.84. The first-order valence-electron chi connectivity index (χ1n) is 9.77. The first-order chi connectivity index (χ1) is 15.6. The number of carbonyl (C=O) groups excluding carboxylic acids is 1. The Labute approximate surface area is 194 Å². The number of anilines is 1. The molecule has 2 heterocycles. The summed E-state index contributed by atoms with van der Waals surface area (Å²) >= 11 is 7.39. The van der Waals surface area contributed by atoms with Gasteiger partial charge in [0.25, 0.3) is 0 Å². The predicted octanol–water partition coefficient (Wildman–Crippen LogP) is 4.37. The van der Waals surface area contributed by atoms with Crippen molar-refractivity contribution in [2.24, 2.45) is 0 Å². The van der Waals surface area contributed by atoms with E-state index in [0.29, 0.717) is 52.1 Å². The highest BCUT2D eigenvalue weighted by Gasteiger charge is 2.28. The van der Waals surface area contributed by atoms with Crippen LogP contribution in [-0.2, 0) is 11.3 Å². The molecule has 0 spiro atoms. The molecule has 0 saturated heterocycles. The van der Waals surface area contributed by atoms with E-state index in [1.807, 2.05) is 28.8 Å². The summed E-state index contributed by atoms with van der Waals surface area (Å²) in [6.45, 7) is 4.60. The van der Waals surface area contributed by atoms with E-state index in [4.69, 9.17) is 25.8 Å². The van der Waals surface area contributed by atoms with E-state index in [1.54, 1.807) is 24.3 Å². The lowest BCUT2D eigenvalue weighted by Gasteiger charge is -2.26. The van der Waals surface area contributed by atoms with Crippen molar-refractivity contribution in [3.8, 4) is 17.2 Å². The summed E-state index contributed by atoms with van der Waals surface area (Å²) in [5.41, 5.74) is 0.584. The molecule has 1 aliphatic rings. The molecular weight excluding hydrogens is 452 g/mol. The Bertz CT molecular complexity index is 1140. The summed E-state index contributed by atoms with van der Waals surface area (Å²) in [5.74, 6) is 2.46. The number of ether oxygens (including phenoxy) is 3. The zero-order chi connectivity index (χ0) is 22.5. The highest BCUT2D eigenvalue weighted by atomic mass is 35.5. The van der Waals surface area contributed by atoms with Crippen LogP contribution in [0.1, 0.15) is 11.9 Å². The van der Waals surface area contributed by atoms with Gasteiger partial charge in [-0.1, -0.05) is 41.6 Å². The number of nitrogens with one attached hydrogen (secondary N) is 1. The zero-order valence-corrected chi connectivity index (χ0v) is 18.9. The highest BCUT2D eigenvalue weighted by Crippen LogP contribution is 2.36. The molecule has 0 radical (unpaired) electrons. The molecule has 0 fully saturated rings. The molecule has 8 nitrogen and oxygen atoms in total. The van der Waals surface area contributed by atoms with Gasteiger partial charge in [-0.25, -0.2) is 0 Å². The molecule has 1 atom stereocenters. The van der Waals surface area contributed by atoms with Crippen molar-refractivity contribution in [1.29, 1.82) is 0 Å². The molecule has 0 aliphatic carbocycles. The summed E-state index contributed by atoms with van der Waals surface area (Å²) in [4.78, 5) is 12.4. The van der Waals surface area contributed by atoms with Crippen LogP contribution < -0.4 is 19.5 Å². The van der Waals surface area contributed by atoms with Gasteiger partial charge in [0.2, 0.25) is 5.91 Å². The van der Waals surface area contributed by atoms with Gasteiger partial charge in [-0.15, -0.1) is 16.8 Å². The van der Waals surface area contributed by atoms with Crippen LogP contribution in [0, 0.1) is 0 Å². The third-order valence-electron chi connectivity index (χ3n) is 4.62. The fourth-order valence-electron chi connectivity index (χ4n) is 3.16. The maximum Gasteiger partial charge on any atom is 0.234 e. The third-order valence-corrected chi connectivity index (χ3v) is 5.88. The lowest BCUT2D eigenvalue weighted by Crippen LogP contribution is -2.25. The van der Waals surface area contributed by atoms with Gasteiger partial charge >= 0.3 is 0 Å². The molecule has 2 aromatic carbocycles. The summed E-state index contributed by atoms with van der Waals surface area (Å²) in [6, 6.07) is 12.5. The molecule has 4 rings (SSSR count). The van der Waals surface area contributed by atoms with Crippen LogP contribution in [0.3, 0.4) is 0 Å². The van der Waals surface area contributed by atoms with Crippen molar-refractivity contribution in [2.45, 2.75) is 17.8 Å². The highest BCUT2D eigenvalue weighted by molar-refractivity contribution is 7.99. The minimum atomic E-state index is -0.415. The van der Waals surface area contributed by atoms with Gasteiger partial charge in [0, 0.05) is 12.2 Å². The van der Waals surface area contributed by atoms with E-state index in [9.17, 15) is 4.79 Å². The van der Waals surface area contributed by atoms with Crippen molar-refractivity contribution < 1.29 is 19.0 Å². The van der Waals surface area contributed by atoms with Gasteiger partial charge in [0.1, 0.15) is 12.4 Å². The maximum absolute atomic E-state index is 12.4. The molecule has 1 N–H and O–H groups in total. The molecule has 1 aromatic heterocycles. The maximum atomic E-state index is 12.4. The van der Waals surface area contributed by atoms with Crippen LogP contribution in [0.5, 0.6) is 17.2 Å². The minimum absolute atomic E-state index is 0.143. The number of para-hydroxylation sites is 2. The molecule has 3 aromatic rings. The predicted molar refractivity (Wildman–Crippen MR) is 123 cm³/mol. The van der Waals surface area contributed by atoms with Gasteiger partial charge in [0.05, 0.1) is 17.9 Å². The van der Waals surface area contributed by atoms with Gasteiger partial charge in [-0.05, 0) is 30.3 Å². The molecule has 0 saturated carbocycles. The molecule has 32 heavy (non-hydrogen) atoms. The van der Waals surface area contributed by atoms with Crippen LogP contribution >= 0.6 is 23.4 Å². The number of rotatable bonds is 8. The number of benzene rings is 2. The number of amides is 1. The Morgan fingerprint density at radius 2 is 2.16 bits per heavy atom. The van der Waals surface area contributed by atoms with Crippen LogP contribution in [0.4, 0.5) is 5.69 Å². The topological polar surface area (TPSA) is 87.5 Å². The average Bonchev–Trinajstić information content (AvgIpc) is 3.20. The number of hydrogen-bond acceptors (Lipinski definition) is 7. The largest absolute Gasteiger partial charge is 0.495 e. The SMILES string of the molecule is C=CCn1c(SCC(=O)Nc2ccc(OC)c(Cl)c2)nnc1C1COc2ccccc2O1. The summed E-state index contributed by atoms with van der Waals surface area (Å²) in [6.07, 6.45) is 1.33. The van der Waals surface area contributed by atoms with Gasteiger partial charge in [-0.2, -0.15) is 0 Å². The first-order valence-corrected chi connectivity index (χ1v) is 11.1. The van der Waals surface area contributed by atoms with Crippen molar-refractivity contribution in [3.05, 3.63) is 66.0 Å². The number of hydrogen-bond donors (Lipinski definition) is 1. The fourth-order valence-corrected chi connectivity index (χ4v) is 4.18. The van der Waals surface area contributed by atoms with Gasteiger partial charge in [0.15, 0.2) is 28.6 Å². The van der Waals surface area contributed by atoms with Crippen LogP contribution in [0.25, 0.3) is 0 Å². The first kappa shape index (κ1) is 22.0. The van der Waals surface area contributed by atoms with E-state index in [0.717, 1.165) is 0 Å². The molecule has 0 bridgehead atoms. The van der Waals surface area contributed by atoms with Crippen molar-refractivity contribution in [3.63, 3.8) is 0 Å². The van der Waals surface area contributed by atoms with E-state index < -0.39 is 6.10 Å². The van der Waals surface area contributed by atoms with Gasteiger partial charge < -0.3 is 19.5 Å². The Morgan fingerprint density at radius 1 is 1.34 bits per heavy atom. The number of aromatic nitrogens is 3. The monoisotopic (exact) mass is 472 g/mol. The fraction of sp³-hybridized carbons (Fsp3) is 0.227. The molecular formula is C22H21ClN4O4S. The number of thioether (sulfide) groups is 1. The van der Waals surface area contributed by atoms with Crippen LogP contribution in [-0.4, -0.2) is 40.1 Å². The molecule has 1 unspecified atom stereocenters. The Hall–Kier alpha value is -3.17. The average molecular weight is 473 g/mol. The summed E-state index contributed by atoms with van der Waals surface area (Å²) in [5, 5.41) is 12.4. The second kappa shape index (κ2) is 9.97. The quantitative estimate of drug-likeness (QED) is 0.384. The Morgan fingerprint density at radius 3 is 2.91 bits per heavy atom. The van der Waals surface area contributed by atoms with E-state index in [-0.39, 0.29) is 11.7 Å². The van der Waals surface area contributed by atoms with E-state index in [2.05, 4.69) is 22.1 Å². The molecule has 1 aliphatic heterocycles. The van der Waals surface area contributed by atoms with Gasteiger partial charge in [-0.3, -0.25) is 9.36 Å². The molecule has 1 amide bonds. The number of allylic oxidation sites excluding steroid dienone is 1. The zero-order valence-electron chi connectivity index (χ0n) is 17.3. The summed E-state index contributed by atoms with van der Waals surface area (Å²) < 4.78 is 18.9. The lowest BCUT2D eigenvalue weighted by molar-refractivity contribution is -0.113. The summed E-state index contributed by atoms with van der Waals surface area (Å²) in [7, 11) is 1.53. The number of halogens is 1. The second-order valence-electron chi connectivity index (χ2n) is 6.79. The minimum Gasteiger partial charge on any atom is -0.495 e. The normalized spacial score (nSPS) is 14.6. The number of nitrogens with zero attached hydrogens (tertiary/aromatic N) is 3. The molecule has 10 heteroatoms. The second-order valence-corrected chi connectivity index (χ2v) is 8.14. The van der Waals surface area contributed by atoms with Crippen molar-refractivity contribution in [2.75, 3.05) is 24.8 Å². The van der Waals surface area contributed by atoms with Crippen molar-refractivity contribution >= 4 is 35.0 Å². The van der Waals surface area contributed by atoms with E-state index in [1.165, 1.54) is 18.9 Å². The smallest absolute Gasteiger partial charge is 0.234 e. The van der Waals surface area contributed by atoms with Crippen molar-refractivity contribution in [1.82, 2.24) is 14.8 Å². The number of carbonyl (C=O) groups is 1. The standard InChI is InChI=1S/C22H21ClN4O4S/c1-3-10-27-21(19-12-30-17-6-4-5-7-18(17)31-19)25-26-22(27)32-13-20(28)24-14-8-9-16(29-2)15(23)11-14/h3-9,11,19H,1,10,12-13H2,2H3,(H,24,28). The molecule has 166 valence electrons. The Kier molecular flexibility index (Phi) is 6.87. The number of fused-ring (bicyclic) bond motifs is 1.